The smallest absolute Gasteiger partial charge is 0.134 e. The molecular weight excluding hydrogens is 220 g/mol. The van der Waals surface area contributed by atoms with Gasteiger partial charge in [-0.25, -0.2) is 0 Å². The van der Waals surface area contributed by atoms with Crippen LogP contribution in [0.2, 0.25) is 0 Å². The van der Waals surface area contributed by atoms with Crippen molar-refractivity contribution in [2.45, 2.75) is 13.8 Å². The fraction of sp³-hybridized carbons (Fsp3) is 0.333. The molecule has 5 nitrogen and oxygen atoms in total. The first-order valence-electron chi connectivity index (χ1n) is 5.26. The summed E-state index contributed by atoms with van der Waals surface area (Å²) in [6, 6.07) is 6.72. The predicted molar refractivity (Wildman–Crippen MR) is 66.4 cm³/mol. The van der Waals surface area contributed by atoms with Gasteiger partial charge in [0.2, 0.25) is 0 Å². The average Bonchev–Trinajstić information content (AvgIpc) is 2.30. The second-order valence-electron chi connectivity index (χ2n) is 3.27. The molecule has 0 saturated carbocycles. The summed E-state index contributed by atoms with van der Waals surface area (Å²) in [5.41, 5.74) is 1.83. The first kappa shape index (κ1) is 13.0. The molecule has 0 aliphatic heterocycles. The van der Waals surface area contributed by atoms with Crippen LogP contribution < -0.4 is 0 Å². The highest BCUT2D eigenvalue weighted by atomic mass is 16.6. The van der Waals surface area contributed by atoms with Crippen molar-refractivity contribution in [1.29, 1.82) is 0 Å². The van der Waals surface area contributed by atoms with Crippen LogP contribution in [-0.2, 0) is 9.68 Å². The van der Waals surface area contributed by atoms with Crippen molar-refractivity contribution in [3.8, 4) is 5.75 Å². The Morgan fingerprint density at radius 3 is 2.71 bits per heavy atom. The van der Waals surface area contributed by atoms with Gasteiger partial charge in [-0.05, 0) is 26.0 Å². The van der Waals surface area contributed by atoms with Crippen molar-refractivity contribution in [2.75, 3.05) is 13.7 Å². The Bertz CT molecular complexity index is 428. The summed E-state index contributed by atoms with van der Waals surface area (Å²) in [6.07, 6.45) is 0. The zero-order valence-corrected chi connectivity index (χ0v) is 10.2. The summed E-state index contributed by atoms with van der Waals surface area (Å²) in [5.74, 6) is 0.164. The molecule has 0 amide bonds. The second-order valence-corrected chi connectivity index (χ2v) is 3.27. The average molecular weight is 236 g/mol. The maximum Gasteiger partial charge on any atom is 0.134 e. The molecule has 0 heterocycles. The van der Waals surface area contributed by atoms with E-state index >= 15 is 0 Å². The lowest BCUT2D eigenvalue weighted by molar-refractivity contribution is 0.159. The van der Waals surface area contributed by atoms with E-state index < -0.39 is 0 Å². The molecule has 1 rings (SSSR count). The van der Waals surface area contributed by atoms with Crippen LogP contribution in [0.25, 0.3) is 0 Å². The third-order valence-electron chi connectivity index (χ3n) is 1.98. The molecule has 0 aliphatic rings. The molecule has 0 radical (unpaired) electrons. The molecule has 17 heavy (non-hydrogen) atoms. The third kappa shape index (κ3) is 3.79. The first-order valence-corrected chi connectivity index (χ1v) is 5.26. The van der Waals surface area contributed by atoms with Crippen LogP contribution in [0.1, 0.15) is 19.4 Å². The zero-order chi connectivity index (χ0) is 12.7. The second kappa shape index (κ2) is 6.52. The van der Waals surface area contributed by atoms with Gasteiger partial charge in [-0.2, -0.15) is 0 Å². The molecule has 1 aromatic carbocycles. The summed E-state index contributed by atoms with van der Waals surface area (Å²) >= 11 is 0. The lowest BCUT2D eigenvalue weighted by atomic mass is 10.1. The van der Waals surface area contributed by atoms with E-state index in [9.17, 15) is 5.11 Å². The van der Waals surface area contributed by atoms with Gasteiger partial charge in [-0.15, -0.1) is 0 Å². The lowest BCUT2D eigenvalue weighted by Crippen LogP contribution is -2.13. The Labute approximate surface area is 100 Å². The van der Waals surface area contributed by atoms with Gasteiger partial charge in [0, 0.05) is 5.56 Å². The molecule has 0 aliphatic carbocycles. The van der Waals surface area contributed by atoms with E-state index in [1.165, 1.54) is 7.11 Å². The van der Waals surface area contributed by atoms with Crippen LogP contribution >= 0.6 is 0 Å². The summed E-state index contributed by atoms with van der Waals surface area (Å²) in [7, 11) is 1.46. The van der Waals surface area contributed by atoms with E-state index in [0.717, 1.165) is 5.56 Å². The topological polar surface area (TPSA) is 63.4 Å². The maximum atomic E-state index is 9.43. The standard InChI is InChI=1S/C12H16N2O3/c1-4-17-14-12(9(2)13-16-3)10-6-5-7-11(15)8-10/h5-8,15H,4H2,1-3H3/b13-9+,14-12-. The van der Waals surface area contributed by atoms with Gasteiger partial charge in [0.25, 0.3) is 0 Å². The number of aromatic hydroxyl groups is 1. The van der Waals surface area contributed by atoms with Gasteiger partial charge in [0.15, 0.2) is 0 Å². The van der Waals surface area contributed by atoms with E-state index in [1.807, 2.05) is 13.0 Å². The quantitative estimate of drug-likeness (QED) is 0.629. The molecule has 0 spiro atoms. The van der Waals surface area contributed by atoms with E-state index in [4.69, 9.17) is 9.68 Å². The Balaban J connectivity index is 3.11. The zero-order valence-electron chi connectivity index (χ0n) is 10.2. The van der Waals surface area contributed by atoms with Crippen molar-refractivity contribution in [3.63, 3.8) is 0 Å². The number of hydrogen-bond donors (Lipinski definition) is 1. The highest BCUT2D eigenvalue weighted by molar-refractivity contribution is 6.47. The van der Waals surface area contributed by atoms with Crippen LogP contribution in [0.3, 0.4) is 0 Å². The minimum absolute atomic E-state index is 0.164. The van der Waals surface area contributed by atoms with Crippen LogP contribution in [0.5, 0.6) is 5.75 Å². The molecule has 1 N–H and O–H groups in total. The van der Waals surface area contributed by atoms with Crippen molar-refractivity contribution in [2.24, 2.45) is 10.3 Å². The number of phenols is 1. The number of phenolic OH excluding ortho intramolecular Hbond substituents is 1. The van der Waals surface area contributed by atoms with Crippen molar-refractivity contribution in [1.82, 2.24) is 0 Å². The van der Waals surface area contributed by atoms with E-state index in [1.54, 1.807) is 25.1 Å². The molecule has 0 bridgehead atoms. The van der Waals surface area contributed by atoms with Crippen molar-refractivity contribution < 1.29 is 14.8 Å². The normalized spacial score (nSPS) is 12.4. The van der Waals surface area contributed by atoms with Gasteiger partial charge in [0.1, 0.15) is 30.9 Å². The van der Waals surface area contributed by atoms with Gasteiger partial charge < -0.3 is 14.8 Å². The molecule has 1 aromatic rings. The fourth-order valence-electron chi connectivity index (χ4n) is 1.29. The fourth-order valence-corrected chi connectivity index (χ4v) is 1.29. The molecule has 0 saturated heterocycles. The van der Waals surface area contributed by atoms with E-state index in [-0.39, 0.29) is 5.75 Å². The molecule has 0 aromatic heterocycles. The largest absolute Gasteiger partial charge is 0.508 e. The van der Waals surface area contributed by atoms with Crippen LogP contribution in [-0.4, -0.2) is 30.2 Å². The highest BCUT2D eigenvalue weighted by Gasteiger charge is 2.10. The summed E-state index contributed by atoms with van der Waals surface area (Å²) in [4.78, 5) is 9.73. The molecular formula is C12H16N2O3. The van der Waals surface area contributed by atoms with Crippen LogP contribution in [0, 0.1) is 0 Å². The molecule has 5 heteroatoms. The SMILES string of the molecule is CCO/N=C(/C(C)=N/OC)c1cccc(O)c1. The number of hydrogen-bond acceptors (Lipinski definition) is 5. The predicted octanol–water partition coefficient (Wildman–Crippen LogP) is 2.16. The summed E-state index contributed by atoms with van der Waals surface area (Å²) < 4.78 is 0. The molecule has 0 unspecified atom stereocenters. The molecule has 0 fully saturated rings. The van der Waals surface area contributed by atoms with Gasteiger partial charge >= 0.3 is 0 Å². The number of nitrogens with zero attached hydrogens (tertiary/aromatic N) is 2. The lowest BCUT2D eigenvalue weighted by Gasteiger charge is -2.06. The Morgan fingerprint density at radius 2 is 2.12 bits per heavy atom. The minimum atomic E-state index is 0.164. The van der Waals surface area contributed by atoms with Gasteiger partial charge in [-0.3, -0.25) is 0 Å². The number of oxime groups is 2. The van der Waals surface area contributed by atoms with E-state index in [2.05, 4.69) is 10.3 Å². The minimum Gasteiger partial charge on any atom is -0.508 e. The highest BCUT2D eigenvalue weighted by Crippen LogP contribution is 2.13. The monoisotopic (exact) mass is 236 g/mol. The Kier molecular flexibility index (Phi) is 5.00. The molecule has 0 atom stereocenters. The van der Waals surface area contributed by atoms with Crippen LogP contribution in [0.4, 0.5) is 0 Å². The molecule has 92 valence electrons. The number of benzene rings is 1. The maximum absolute atomic E-state index is 9.43. The Hall–Kier alpha value is -2.04. The Morgan fingerprint density at radius 1 is 1.35 bits per heavy atom. The number of rotatable bonds is 5. The summed E-state index contributed by atoms with van der Waals surface area (Å²) in [5, 5.41) is 17.2. The first-order chi connectivity index (χ1) is 8.19. The van der Waals surface area contributed by atoms with Gasteiger partial charge in [0.05, 0.1) is 0 Å². The van der Waals surface area contributed by atoms with Crippen LogP contribution in [0.15, 0.2) is 34.6 Å². The summed E-state index contributed by atoms with van der Waals surface area (Å²) in [6.45, 7) is 4.06. The van der Waals surface area contributed by atoms with Crippen molar-refractivity contribution >= 4 is 11.4 Å². The third-order valence-corrected chi connectivity index (χ3v) is 1.98. The van der Waals surface area contributed by atoms with E-state index in [0.29, 0.717) is 18.0 Å². The van der Waals surface area contributed by atoms with Crippen molar-refractivity contribution in [3.05, 3.63) is 29.8 Å². The van der Waals surface area contributed by atoms with Gasteiger partial charge in [-0.1, -0.05) is 22.4 Å².